The second-order valence-electron chi connectivity index (χ2n) is 4.97. The van der Waals surface area contributed by atoms with Crippen molar-refractivity contribution in [2.75, 3.05) is 0 Å². The summed E-state index contributed by atoms with van der Waals surface area (Å²) in [6, 6.07) is 9.42. The molecule has 1 aromatic carbocycles. The van der Waals surface area contributed by atoms with Crippen LogP contribution in [0.3, 0.4) is 0 Å². The Hall–Kier alpha value is -2.82. The number of nitrogens with one attached hydrogen (secondary N) is 1. The first-order chi connectivity index (χ1) is 11.9. The second-order valence-corrected chi connectivity index (χ2v) is 6.03. The molecule has 2 heterocycles. The second kappa shape index (κ2) is 6.97. The van der Waals surface area contributed by atoms with E-state index in [0.29, 0.717) is 14.7 Å². The van der Waals surface area contributed by atoms with E-state index < -0.39 is 18.6 Å². The van der Waals surface area contributed by atoms with E-state index in [0.717, 1.165) is 11.8 Å². The van der Waals surface area contributed by atoms with Crippen molar-refractivity contribution in [1.82, 2.24) is 30.5 Å². The zero-order valence-corrected chi connectivity index (χ0v) is 13.4. The molecule has 0 unspecified atom stereocenters. The van der Waals surface area contributed by atoms with Gasteiger partial charge in [-0.25, -0.2) is 4.68 Å². The molecular weight excluding hydrogens is 357 g/mol. The minimum absolute atomic E-state index is 0.0927. The number of nitrogens with zero attached hydrogens (tertiary/aromatic N) is 5. The average molecular weight is 368 g/mol. The molecule has 0 saturated heterocycles. The van der Waals surface area contributed by atoms with Crippen LogP contribution in [-0.2, 0) is 13.1 Å². The van der Waals surface area contributed by atoms with Gasteiger partial charge in [0, 0.05) is 5.56 Å². The Morgan fingerprint density at radius 3 is 2.64 bits per heavy atom. The summed E-state index contributed by atoms with van der Waals surface area (Å²) in [5, 5.41) is 18.5. The summed E-state index contributed by atoms with van der Waals surface area (Å²) >= 11 is 1.31. The van der Waals surface area contributed by atoms with Crippen LogP contribution in [0.4, 0.5) is 13.2 Å². The van der Waals surface area contributed by atoms with Gasteiger partial charge in [-0.15, -0.1) is 15.3 Å². The van der Waals surface area contributed by atoms with Crippen LogP contribution in [0, 0.1) is 0 Å². The number of alkyl halides is 3. The maximum Gasteiger partial charge on any atom is 0.408 e. The highest BCUT2D eigenvalue weighted by Crippen LogP contribution is 2.22. The Bertz CT molecular complexity index is 861. The smallest absolute Gasteiger partial charge is 0.344 e. The van der Waals surface area contributed by atoms with Crippen LogP contribution in [0.5, 0.6) is 0 Å². The third-order valence-electron chi connectivity index (χ3n) is 3.00. The van der Waals surface area contributed by atoms with Gasteiger partial charge in [-0.1, -0.05) is 46.9 Å². The van der Waals surface area contributed by atoms with Gasteiger partial charge in [0.25, 0.3) is 5.91 Å². The number of benzene rings is 1. The van der Waals surface area contributed by atoms with E-state index in [1.807, 2.05) is 30.3 Å². The first kappa shape index (κ1) is 17.0. The van der Waals surface area contributed by atoms with Crippen molar-refractivity contribution in [2.45, 2.75) is 19.3 Å². The number of carbonyl (C=O) groups is 1. The van der Waals surface area contributed by atoms with Gasteiger partial charge in [0.05, 0.1) is 12.7 Å². The largest absolute Gasteiger partial charge is 0.408 e. The third-order valence-corrected chi connectivity index (χ3v) is 3.97. The normalized spacial score (nSPS) is 11.5. The van der Waals surface area contributed by atoms with Crippen LogP contribution in [0.2, 0.25) is 0 Å². The van der Waals surface area contributed by atoms with Gasteiger partial charge in [-0.3, -0.25) is 4.79 Å². The van der Waals surface area contributed by atoms with Gasteiger partial charge in [0.1, 0.15) is 16.6 Å². The van der Waals surface area contributed by atoms with Gasteiger partial charge in [-0.2, -0.15) is 13.2 Å². The molecule has 0 spiro atoms. The predicted molar refractivity (Wildman–Crippen MR) is 82.6 cm³/mol. The number of halogens is 3. The lowest BCUT2D eigenvalue weighted by molar-refractivity contribution is -0.142. The number of rotatable bonds is 5. The fourth-order valence-electron chi connectivity index (χ4n) is 1.93. The Morgan fingerprint density at radius 2 is 1.92 bits per heavy atom. The number of hydrogen-bond donors (Lipinski definition) is 1. The molecule has 3 aromatic rings. The molecule has 0 bridgehead atoms. The fraction of sp³-hybridized carbons (Fsp3) is 0.214. The standard InChI is InChI=1S/C14H11F3N6OS/c15-14(16,17)8-23-7-10(19-22-23)12(24)18-6-11-20-21-13(25-11)9-4-2-1-3-5-9/h1-5,7H,6,8H2,(H,18,24). The maximum atomic E-state index is 12.3. The van der Waals surface area contributed by atoms with Crippen LogP contribution in [0.25, 0.3) is 10.6 Å². The molecule has 25 heavy (non-hydrogen) atoms. The highest BCUT2D eigenvalue weighted by atomic mass is 32.1. The lowest BCUT2D eigenvalue weighted by Crippen LogP contribution is -2.23. The lowest BCUT2D eigenvalue weighted by Gasteiger charge is -2.03. The minimum Gasteiger partial charge on any atom is -0.344 e. The van der Waals surface area contributed by atoms with Gasteiger partial charge in [-0.05, 0) is 0 Å². The number of hydrogen-bond acceptors (Lipinski definition) is 6. The van der Waals surface area contributed by atoms with Gasteiger partial charge >= 0.3 is 6.18 Å². The average Bonchev–Trinajstić information content (AvgIpc) is 3.21. The van der Waals surface area contributed by atoms with Crippen LogP contribution in [0.15, 0.2) is 36.5 Å². The molecule has 0 aliphatic rings. The number of amides is 1. The molecule has 0 fully saturated rings. The Morgan fingerprint density at radius 1 is 1.16 bits per heavy atom. The first-order valence-corrected chi connectivity index (χ1v) is 7.85. The highest BCUT2D eigenvalue weighted by Gasteiger charge is 2.29. The molecule has 0 radical (unpaired) electrons. The number of carbonyl (C=O) groups excluding carboxylic acids is 1. The molecule has 0 aliphatic heterocycles. The first-order valence-electron chi connectivity index (χ1n) is 7.03. The van der Waals surface area contributed by atoms with Crippen molar-refractivity contribution >= 4 is 17.2 Å². The molecule has 11 heteroatoms. The molecule has 1 amide bonds. The number of aromatic nitrogens is 5. The lowest BCUT2D eigenvalue weighted by atomic mass is 10.2. The predicted octanol–water partition coefficient (Wildman–Crippen LogP) is 2.29. The van der Waals surface area contributed by atoms with Gasteiger partial charge < -0.3 is 5.32 Å². The van der Waals surface area contributed by atoms with Crippen LogP contribution < -0.4 is 5.32 Å². The summed E-state index contributed by atoms with van der Waals surface area (Å²) in [5.74, 6) is -0.634. The summed E-state index contributed by atoms with van der Waals surface area (Å²) in [6.07, 6.45) is -3.49. The van der Waals surface area contributed by atoms with Crippen molar-refractivity contribution in [3.05, 3.63) is 47.2 Å². The summed E-state index contributed by atoms with van der Waals surface area (Å²) in [5.41, 5.74) is 0.713. The monoisotopic (exact) mass is 368 g/mol. The van der Waals surface area contributed by atoms with E-state index in [4.69, 9.17) is 0 Å². The fourth-order valence-corrected chi connectivity index (χ4v) is 2.72. The third kappa shape index (κ3) is 4.59. The quantitative estimate of drug-likeness (QED) is 0.747. The van der Waals surface area contributed by atoms with E-state index in [1.54, 1.807) is 0 Å². The van der Waals surface area contributed by atoms with Crippen molar-refractivity contribution in [3.63, 3.8) is 0 Å². The van der Waals surface area contributed by atoms with Gasteiger partial charge in [0.2, 0.25) is 0 Å². The van der Waals surface area contributed by atoms with E-state index in [2.05, 4.69) is 25.8 Å². The molecule has 1 N–H and O–H groups in total. The molecule has 2 aromatic heterocycles. The van der Waals surface area contributed by atoms with E-state index in [-0.39, 0.29) is 12.2 Å². The SMILES string of the molecule is O=C(NCc1nnc(-c2ccccc2)s1)c1cn(CC(F)(F)F)nn1. The van der Waals surface area contributed by atoms with Crippen LogP contribution in [-0.4, -0.2) is 37.3 Å². The maximum absolute atomic E-state index is 12.3. The minimum atomic E-state index is -4.43. The Labute approximate surface area is 143 Å². The van der Waals surface area contributed by atoms with E-state index in [1.165, 1.54) is 11.3 Å². The summed E-state index contributed by atoms with van der Waals surface area (Å²) in [6.45, 7) is -1.21. The van der Waals surface area contributed by atoms with Crippen molar-refractivity contribution in [3.8, 4) is 10.6 Å². The molecule has 0 aliphatic carbocycles. The topological polar surface area (TPSA) is 85.6 Å². The molecule has 7 nitrogen and oxygen atoms in total. The highest BCUT2D eigenvalue weighted by molar-refractivity contribution is 7.14. The van der Waals surface area contributed by atoms with E-state index >= 15 is 0 Å². The molecule has 3 rings (SSSR count). The molecule has 130 valence electrons. The summed E-state index contributed by atoms with van der Waals surface area (Å²) in [7, 11) is 0. The van der Waals surface area contributed by atoms with Crippen molar-refractivity contribution in [2.24, 2.45) is 0 Å². The summed E-state index contributed by atoms with van der Waals surface area (Å²) < 4.78 is 37.3. The van der Waals surface area contributed by atoms with Crippen molar-refractivity contribution in [1.29, 1.82) is 0 Å². The van der Waals surface area contributed by atoms with Crippen LogP contribution >= 0.6 is 11.3 Å². The zero-order valence-electron chi connectivity index (χ0n) is 12.6. The van der Waals surface area contributed by atoms with Crippen molar-refractivity contribution < 1.29 is 18.0 Å². The zero-order chi connectivity index (χ0) is 17.9. The van der Waals surface area contributed by atoms with Gasteiger partial charge in [0.15, 0.2) is 5.69 Å². The molecule has 0 atom stereocenters. The Balaban J connectivity index is 1.59. The van der Waals surface area contributed by atoms with Crippen LogP contribution in [0.1, 0.15) is 15.5 Å². The molecule has 0 saturated carbocycles. The summed E-state index contributed by atoms with van der Waals surface area (Å²) in [4.78, 5) is 11.9. The Kier molecular flexibility index (Phi) is 4.74. The molecular formula is C14H11F3N6OS. The van der Waals surface area contributed by atoms with E-state index in [9.17, 15) is 18.0 Å².